The monoisotopic (exact) mass is 241 g/mol. The van der Waals surface area contributed by atoms with Crippen molar-refractivity contribution in [3.05, 3.63) is 0 Å². The van der Waals surface area contributed by atoms with Gasteiger partial charge in [-0.15, -0.1) is 0 Å². The zero-order chi connectivity index (χ0) is 12.4. The number of hydrogen-bond acceptors (Lipinski definition) is 4. The van der Waals surface area contributed by atoms with Crippen molar-refractivity contribution in [1.82, 2.24) is 9.80 Å². The second-order valence-corrected chi connectivity index (χ2v) is 5.26. The first kappa shape index (κ1) is 12.8. The van der Waals surface area contributed by atoms with Crippen LogP contribution in [0.15, 0.2) is 0 Å². The highest BCUT2D eigenvalue weighted by Gasteiger charge is 2.35. The van der Waals surface area contributed by atoms with Gasteiger partial charge in [-0.25, -0.2) is 0 Å². The third kappa shape index (κ3) is 2.78. The zero-order valence-electron chi connectivity index (χ0n) is 10.8. The fourth-order valence-electron chi connectivity index (χ4n) is 2.73. The molecule has 2 fully saturated rings. The van der Waals surface area contributed by atoms with E-state index in [9.17, 15) is 4.79 Å². The van der Waals surface area contributed by atoms with Gasteiger partial charge in [0.05, 0.1) is 24.7 Å². The van der Waals surface area contributed by atoms with Crippen molar-refractivity contribution in [2.24, 2.45) is 11.7 Å². The van der Waals surface area contributed by atoms with Gasteiger partial charge in [0.15, 0.2) is 0 Å². The lowest BCUT2D eigenvalue weighted by atomic mass is 10.0. The smallest absolute Gasteiger partial charge is 0.228 e. The van der Waals surface area contributed by atoms with E-state index in [-0.39, 0.29) is 24.0 Å². The Morgan fingerprint density at radius 2 is 2.24 bits per heavy atom. The van der Waals surface area contributed by atoms with Crippen LogP contribution in [0.3, 0.4) is 0 Å². The van der Waals surface area contributed by atoms with Gasteiger partial charge in [0.25, 0.3) is 0 Å². The van der Waals surface area contributed by atoms with Crippen molar-refractivity contribution >= 4 is 5.91 Å². The average Bonchev–Trinajstić information content (AvgIpc) is 2.75. The second kappa shape index (κ2) is 5.33. The summed E-state index contributed by atoms with van der Waals surface area (Å²) < 4.78 is 5.48. The molecule has 0 aromatic rings. The summed E-state index contributed by atoms with van der Waals surface area (Å²) in [6, 6.07) is 0.164. The minimum atomic E-state index is 0.0439. The van der Waals surface area contributed by atoms with E-state index in [0.717, 1.165) is 26.1 Å². The van der Waals surface area contributed by atoms with Crippen molar-refractivity contribution in [2.45, 2.75) is 25.5 Å². The molecule has 0 aliphatic carbocycles. The molecule has 2 rings (SSSR count). The van der Waals surface area contributed by atoms with E-state index in [2.05, 4.69) is 11.9 Å². The van der Waals surface area contributed by atoms with Crippen LogP contribution >= 0.6 is 0 Å². The van der Waals surface area contributed by atoms with Gasteiger partial charge in [-0.2, -0.15) is 0 Å². The largest absolute Gasteiger partial charge is 0.378 e. The quantitative estimate of drug-likeness (QED) is 0.709. The molecule has 2 aliphatic heterocycles. The minimum Gasteiger partial charge on any atom is -0.378 e. The lowest BCUT2D eigenvalue weighted by molar-refractivity contribution is -0.140. The Morgan fingerprint density at radius 1 is 1.47 bits per heavy atom. The van der Waals surface area contributed by atoms with Gasteiger partial charge in [-0.3, -0.25) is 4.79 Å². The highest BCUT2D eigenvalue weighted by molar-refractivity contribution is 5.79. The Kier molecular flexibility index (Phi) is 4.01. The molecule has 2 heterocycles. The Bertz CT molecular complexity index is 285. The van der Waals surface area contributed by atoms with Gasteiger partial charge in [0.2, 0.25) is 5.91 Å². The van der Waals surface area contributed by atoms with Crippen molar-refractivity contribution in [1.29, 1.82) is 0 Å². The van der Waals surface area contributed by atoms with Crippen LogP contribution in [0.2, 0.25) is 0 Å². The number of carbonyl (C=O) groups excluding carboxylic acids is 1. The number of nitrogens with two attached hydrogens (primary N) is 1. The van der Waals surface area contributed by atoms with Gasteiger partial charge < -0.3 is 20.3 Å². The maximum atomic E-state index is 12.4. The van der Waals surface area contributed by atoms with Crippen LogP contribution < -0.4 is 5.73 Å². The fourth-order valence-corrected chi connectivity index (χ4v) is 2.73. The van der Waals surface area contributed by atoms with Crippen molar-refractivity contribution in [3.8, 4) is 0 Å². The lowest BCUT2D eigenvalue weighted by Gasteiger charge is -2.40. The second-order valence-electron chi connectivity index (χ2n) is 5.26. The Hall–Kier alpha value is -0.650. The molecule has 5 nitrogen and oxygen atoms in total. The van der Waals surface area contributed by atoms with Crippen LogP contribution in [0, 0.1) is 5.92 Å². The molecule has 2 aliphatic rings. The first-order valence-electron chi connectivity index (χ1n) is 6.42. The van der Waals surface area contributed by atoms with Gasteiger partial charge in [-0.1, -0.05) is 0 Å². The first-order chi connectivity index (χ1) is 8.11. The predicted molar refractivity (Wildman–Crippen MR) is 65.6 cm³/mol. The Balaban J connectivity index is 1.98. The molecule has 1 amide bonds. The molecule has 5 heteroatoms. The van der Waals surface area contributed by atoms with Crippen molar-refractivity contribution in [2.75, 3.05) is 39.8 Å². The molecule has 0 spiro atoms. The number of amides is 1. The summed E-state index contributed by atoms with van der Waals surface area (Å²) in [6.45, 7) is 5.75. The van der Waals surface area contributed by atoms with E-state index < -0.39 is 0 Å². The molecule has 3 atom stereocenters. The SMILES string of the molecule is CC1CC(C(=O)N2CCN(C)CC2CN)CO1. The molecule has 3 unspecified atom stereocenters. The minimum absolute atomic E-state index is 0.0439. The number of ether oxygens (including phenoxy) is 1. The van der Waals surface area contributed by atoms with Crippen LogP contribution in [0.4, 0.5) is 0 Å². The summed E-state index contributed by atoms with van der Waals surface area (Å²) in [4.78, 5) is 16.6. The summed E-state index contributed by atoms with van der Waals surface area (Å²) in [7, 11) is 2.07. The molecular weight excluding hydrogens is 218 g/mol. The van der Waals surface area contributed by atoms with E-state index >= 15 is 0 Å². The lowest BCUT2D eigenvalue weighted by Crippen LogP contribution is -2.58. The molecule has 0 bridgehead atoms. The molecule has 2 saturated heterocycles. The maximum absolute atomic E-state index is 12.4. The summed E-state index contributed by atoms with van der Waals surface area (Å²) in [5.74, 6) is 0.278. The number of nitrogens with zero attached hydrogens (tertiary/aromatic N) is 2. The highest BCUT2D eigenvalue weighted by atomic mass is 16.5. The molecular formula is C12H23N3O2. The van der Waals surface area contributed by atoms with E-state index in [1.165, 1.54) is 0 Å². The number of hydrogen-bond donors (Lipinski definition) is 1. The number of piperazine rings is 1. The molecule has 17 heavy (non-hydrogen) atoms. The van der Waals surface area contributed by atoms with Crippen LogP contribution in [0.1, 0.15) is 13.3 Å². The number of carbonyl (C=O) groups is 1. The average molecular weight is 241 g/mol. The van der Waals surface area contributed by atoms with Gasteiger partial charge >= 0.3 is 0 Å². The normalized spacial score (nSPS) is 35.2. The van der Waals surface area contributed by atoms with E-state index in [4.69, 9.17) is 10.5 Å². The summed E-state index contributed by atoms with van der Waals surface area (Å²) in [6.07, 6.45) is 1.07. The summed E-state index contributed by atoms with van der Waals surface area (Å²) >= 11 is 0. The number of rotatable bonds is 2. The summed E-state index contributed by atoms with van der Waals surface area (Å²) in [5, 5.41) is 0. The van der Waals surface area contributed by atoms with Crippen LogP contribution in [0.25, 0.3) is 0 Å². The molecule has 98 valence electrons. The van der Waals surface area contributed by atoms with Gasteiger partial charge in [-0.05, 0) is 20.4 Å². The molecule has 0 aromatic heterocycles. The van der Waals surface area contributed by atoms with Crippen molar-refractivity contribution in [3.63, 3.8) is 0 Å². The third-order valence-corrected chi connectivity index (χ3v) is 3.79. The standard InChI is InChI=1S/C12H23N3O2/c1-9-5-10(8-17-9)12(16)15-4-3-14(2)7-11(15)6-13/h9-11H,3-8,13H2,1-2H3. The van der Waals surface area contributed by atoms with Crippen LogP contribution in [0.5, 0.6) is 0 Å². The molecule has 0 aromatic carbocycles. The Labute approximate surface area is 103 Å². The van der Waals surface area contributed by atoms with Crippen LogP contribution in [-0.2, 0) is 9.53 Å². The first-order valence-corrected chi connectivity index (χ1v) is 6.42. The van der Waals surface area contributed by atoms with E-state index in [0.29, 0.717) is 13.2 Å². The number of likely N-dealkylation sites (N-methyl/N-ethyl adjacent to an activating group) is 1. The Morgan fingerprint density at radius 3 is 2.82 bits per heavy atom. The zero-order valence-corrected chi connectivity index (χ0v) is 10.8. The van der Waals surface area contributed by atoms with Gasteiger partial charge in [0, 0.05) is 26.2 Å². The van der Waals surface area contributed by atoms with Gasteiger partial charge in [0.1, 0.15) is 0 Å². The maximum Gasteiger partial charge on any atom is 0.228 e. The third-order valence-electron chi connectivity index (χ3n) is 3.79. The molecule has 0 radical (unpaired) electrons. The fraction of sp³-hybridized carbons (Fsp3) is 0.917. The van der Waals surface area contributed by atoms with E-state index in [1.54, 1.807) is 0 Å². The molecule has 2 N–H and O–H groups in total. The highest BCUT2D eigenvalue weighted by Crippen LogP contribution is 2.23. The predicted octanol–water partition coefficient (Wildman–Crippen LogP) is -0.487. The van der Waals surface area contributed by atoms with E-state index in [1.807, 2.05) is 11.8 Å². The molecule has 0 saturated carbocycles. The summed E-state index contributed by atoms with van der Waals surface area (Å²) in [5.41, 5.74) is 5.77. The van der Waals surface area contributed by atoms with Crippen molar-refractivity contribution < 1.29 is 9.53 Å². The topological polar surface area (TPSA) is 58.8 Å². The van der Waals surface area contributed by atoms with Crippen LogP contribution in [-0.4, -0.2) is 67.7 Å².